The van der Waals surface area contributed by atoms with Crippen molar-refractivity contribution in [1.29, 1.82) is 0 Å². The van der Waals surface area contributed by atoms with E-state index in [2.05, 4.69) is 31.3 Å². The van der Waals surface area contributed by atoms with Crippen LogP contribution in [0.1, 0.15) is 23.2 Å². The topological polar surface area (TPSA) is 130 Å². The zero-order valence-electron chi connectivity index (χ0n) is 15.2. The van der Waals surface area contributed by atoms with Crippen LogP contribution in [0.15, 0.2) is 51.8 Å². The highest BCUT2D eigenvalue weighted by Crippen LogP contribution is 2.25. The molecule has 0 bridgehead atoms. The zero-order valence-corrected chi connectivity index (χ0v) is 17.6. The van der Waals surface area contributed by atoms with E-state index >= 15 is 0 Å². The summed E-state index contributed by atoms with van der Waals surface area (Å²) in [5.74, 6) is -0.454. The van der Waals surface area contributed by atoms with Gasteiger partial charge in [-0.1, -0.05) is 12.1 Å². The number of hydrogen-bond acceptors (Lipinski definition) is 6. The summed E-state index contributed by atoms with van der Waals surface area (Å²) in [6.07, 6.45) is 1.63. The van der Waals surface area contributed by atoms with Gasteiger partial charge in [-0.05, 0) is 53.0 Å². The molecule has 0 spiro atoms. The standard InChI is InChI=1S/C18H19BrN4O5S/c19-15-8-7-13(29(27,28)22-12-5-6-12)11-14(15)18(24)21-10-9-20-16-3-1-2-4-17(16)23(25)26/h1-4,7-8,11-12,20,22H,5-6,9-10H2,(H,21,24). The van der Waals surface area contributed by atoms with Crippen LogP contribution in [0.4, 0.5) is 11.4 Å². The summed E-state index contributed by atoms with van der Waals surface area (Å²) in [5.41, 5.74) is 0.490. The summed E-state index contributed by atoms with van der Waals surface area (Å²) in [7, 11) is -3.67. The maximum atomic E-state index is 12.5. The molecular formula is C18H19BrN4O5S. The predicted octanol–water partition coefficient (Wildman–Crippen LogP) is 2.64. The first-order valence-electron chi connectivity index (χ1n) is 8.85. The highest BCUT2D eigenvalue weighted by Gasteiger charge is 2.28. The number of rotatable bonds is 9. The maximum absolute atomic E-state index is 12.5. The Morgan fingerprint density at radius 2 is 1.90 bits per heavy atom. The third-order valence-electron chi connectivity index (χ3n) is 4.22. The molecule has 0 saturated heterocycles. The second-order valence-electron chi connectivity index (χ2n) is 6.49. The zero-order chi connectivity index (χ0) is 21.0. The number of para-hydroxylation sites is 2. The number of sulfonamides is 1. The van der Waals surface area contributed by atoms with Crippen LogP contribution in [-0.2, 0) is 10.0 Å². The lowest BCUT2D eigenvalue weighted by Crippen LogP contribution is -2.30. The van der Waals surface area contributed by atoms with Crippen molar-refractivity contribution >= 4 is 43.2 Å². The summed E-state index contributed by atoms with van der Waals surface area (Å²) in [6.45, 7) is 0.448. The normalized spacial score (nSPS) is 13.7. The smallest absolute Gasteiger partial charge is 0.292 e. The van der Waals surface area contributed by atoms with E-state index in [1.54, 1.807) is 18.2 Å². The molecule has 1 aliphatic carbocycles. The number of nitrogens with one attached hydrogen (secondary N) is 3. The fourth-order valence-electron chi connectivity index (χ4n) is 2.58. The van der Waals surface area contributed by atoms with E-state index in [1.807, 2.05) is 0 Å². The molecule has 0 heterocycles. The first-order chi connectivity index (χ1) is 13.8. The Morgan fingerprint density at radius 1 is 1.17 bits per heavy atom. The lowest BCUT2D eigenvalue weighted by Gasteiger charge is -2.11. The van der Waals surface area contributed by atoms with Crippen LogP contribution in [0.2, 0.25) is 0 Å². The molecule has 1 aliphatic rings. The van der Waals surface area contributed by atoms with Gasteiger partial charge in [0, 0.05) is 29.7 Å². The number of carbonyl (C=O) groups excluding carboxylic acids is 1. The van der Waals surface area contributed by atoms with Crippen LogP contribution in [0.5, 0.6) is 0 Å². The van der Waals surface area contributed by atoms with Crippen molar-refractivity contribution in [2.24, 2.45) is 0 Å². The van der Waals surface area contributed by atoms with Gasteiger partial charge < -0.3 is 10.6 Å². The fraction of sp³-hybridized carbons (Fsp3) is 0.278. The molecule has 154 valence electrons. The van der Waals surface area contributed by atoms with Gasteiger partial charge in [0.05, 0.1) is 15.4 Å². The monoisotopic (exact) mass is 482 g/mol. The molecule has 29 heavy (non-hydrogen) atoms. The van der Waals surface area contributed by atoms with Crippen molar-refractivity contribution in [2.45, 2.75) is 23.8 Å². The molecule has 3 rings (SSSR count). The summed E-state index contributed by atoms with van der Waals surface area (Å²) < 4.78 is 27.7. The van der Waals surface area contributed by atoms with Crippen LogP contribution in [0.25, 0.3) is 0 Å². The highest BCUT2D eigenvalue weighted by molar-refractivity contribution is 9.10. The van der Waals surface area contributed by atoms with Crippen LogP contribution in [0, 0.1) is 10.1 Å². The van der Waals surface area contributed by atoms with Gasteiger partial charge in [-0.15, -0.1) is 0 Å². The van der Waals surface area contributed by atoms with Crippen molar-refractivity contribution in [3.05, 3.63) is 62.6 Å². The molecule has 1 fully saturated rings. The second-order valence-corrected chi connectivity index (χ2v) is 9.06. The summed E-state index contributed by atoms with van der Waals surface area (Å²) in [5, 5.41) is 16.6. The van der Waals surface area contributed by atoms with Gasteiger partial charge in [0.2, 0.25) is 10.0 Å². The van der Waals surface area contributed by atoms with Gasteiger partial charge in [0.15, 0.2) is 0 Å². The van der Waals surface area contributed by atoms with Gasteiger partial charge in [0.1, 0.15) is 5.69 Å². The number of nitro benzene ring substituents is 1. The Hall–Kier alpha value is -2.50. The molecule has 0 atom stereocenters. The highest BCUT2D eigenvalue weighted by atomic mass is 79.9. The third-order valence-corrected chi connectivity index (χ3v) is 6.43. The third kappa shape index (κ3) is 5.52. The van der Waals surface area contributed by atoms with Crippen molar-refractivity contribution in [2.75, 3.05) is 18.4 Å². The second kappa shape index (κ2) is 8.89. The Labute approximate surface area is 176 Å². The number of hydrogen-bond donors (Lipinski definition) is 3. The van der Waals surface area contributed by atoms with Gasteiger partial charge in [0.25, 0.3) is 11.6 Å². The largest absolute Gasteiger partial charge is 0.378 e. The number of nitrogens with zero attached hydrogens (tertiary/aromatic N) is 1. The van der Waals surface area contributed by atoms with E-state index in [9.17, 15) is 23.3 Å². The average Bonchev–Trinajstić information content (AvgIpc) is 3.48. The quantitative estimate of drug-likeness (QED) is 0.286. The number of carbonyl (C=O) groups is 1. The van der Waals surface area contributed by atoms with Crippen LogP contribution in [-0.4, -0.2) is 38.4 Å². The minimum Gasteiger partial charge on any atom is -0.378 e. The van der Waals surface area contributed by atoms with Crippen molar-refractivity contribution in [3.63, 3.8) is 0 Å². The minimum absolute atomic E-state index is 0.0239. The molecule has 0 unspecified atom stereocenters. The van der Waals surface area contributed by atoms with Crippen molar-refractivity contribution in [3.8, 4) is 0 Å². The van der Waals surface area contributed by atoms with Crippen LogP contribution >= 0.6 is 15.9 Å². The van der Waals surface area contributed by atoms with E-state index in [0.29, 0.717) is 10.2 Å². The number of anilines is 1. The predicted molar refractivity (Wildman–Crippen MR) is 111 cm³/mol. The maximum Gasteiger partial charge on any atom is 0.292 e. The Morgan fingerprint density at radius 3 is 2.59 bits per heavy atom. The van der Waals surface area contributed by atoms with Gasteiger partial charge in [-0.2, -0.15) is 0 Å². The Kier molecular flexibility index (Phi) is 6.50. The van der Waals surface area contributed by atoms with E-state index in [0.717, 1.165) is 12.8 Å². The molecule has 2 aromatic rings. The molecule has 1 saturated carbocycles. The van der Waals surface area contributed by atoms with Crippen LogP contribution in [0.3, 0.4) is 0 Å². The molecule has 11 heteroatoms. The molecule has 0 aromatic heterocycles. The molecule has 9 nitrogen and oxygen atoms in total. The molecule has 3 N–H and O–H groups in total. The molecule has 0 radical (unpaired) electrons. The Balaban J connectivity index is 1.61. The molecule has 0 aliphatic heterocycles. The van der Waals surface area contributed by atoms with Gasteiger partial charge >= 0.3 is 0 Å². The fourth-order valence-corrected chi connectivity index (χ4v) is 4.34. The van der Waals surface area contributed by atoms with Gasteiger partial charge in [-0.25, -0.2) is 13.1 Å². The first kappa shape index (κ1) is 21.2. The molecule has 2 aromatic carbocycles. The summed E-state index contributed by atoms with van der Waals surface area (Å²) in [4.78, 5) is 23.0. The SMILES string of the molecule is O=C(NCCNc1ccccc1[N+](=O)[O-])c1cc(S(=O)(=O)NC2CC2)ccc1Br. The first-order valence-corrected chi connectivity index (χ1v) is 11.1. The number of nitro groups is 1. The van der Waals surface area contributed by atoms with Gasteiger partial charge in [-0.3, -0.25) is 14.9 Å². The number of halogens is 1. The Bertz CT molecular complexity index is 1040. The van der Waals surface area contributed by atoms with Crippen LogP contribution < -0.4 is 15.4 Å². The summed E-state index contributed by atoms with van der Waals surface area (Å²) >= 11 is 3.27. The number of benzene rings is 2. The minimum atomic E-state index is -3.67. The molecule has 1 amide bonds. The van der Waals surface area contributed by atoms with Crippen molar-refractivity contribution in [1.82, 2.24) is 10.0 Å². The lowest BCUT2D eigenvalue weighted by molar-refractivity contribution is -0.384. The number of amides is 1. The van der Waals surface area contributed by atoms with E-state index in [4.69, 9.17) is 0 Å². The van der Waals surface area contributed by atoms with E-state index in [-0.39, 0.29) is 35.3 Å². The van der Waals surface area contributed by atoms with E-state index < -0.39 is 20.9 Å². The summed E-state index contributed by atoms with van der Waals surface area (Å²) in [6, 6.07) is 10.4. The van der Waals surface area contributed by atoms with Crippen molar-refractivity contribution < 1.29 is 18.1 Å². The van der Waals surface area contributed by atoms with E-state index in [1.165, 1.54) is 24.3 Å². The lowest BCUT2D eigenvalue weighted by atomic mass is 10.2. The average molecular weight is 483 g/mol. The molecular weight excluding hydrogens is 464 g/mol.